The number of ether oxygens (including phenoxy) is 4. The molecule has 8 aromatic rings. The fraction of sp³-hybridized carbons (Fsp3) is 0.269. The average Bonchev–Trinajstić information content (AvgIpc) is 4.00. The van der Waals surface area contributed by atoms with Gasteiger partial charge < -0.3 is 45.2 Å². The minimum absolute atomic E-state index is 0.00347. The highest BCUT2D eigenvalue weighted by Crippen LogP contribution is 2.31. The third-order valence-electron chi connectivity index (χ3n) is 11.5. The molecular weight excluding hydrogens is 1020 g/mol. The molecule has 2 aliphatic heterocycles. The van der Waals surface area contributed by atoms with Crippen molar-refractivity contribution >= 4 is 81.5 Å². The molecule has 10 rings (SSSR count). The second kappa shape index (κ2) is 25.5. The summed E-state index contributed by atoms with van der Waals surface area (Å²) in [6, 6.07) is 33.7. The van der Waals surface area contributed by atoms with E-state index in [4.69, 9.17) is 59.2 Å². The lowest BCUT2D eigenvalue weighted by atomic mass is 10.2. The van der Waals surface area contributed by atoms with Gasteiger partial charge in [-0.15, -0.1) is 11.6 Å². The SMILES string of the molecule is CCOc1ccc(-c2nc(C(N)=O)c3[nH]c(=S)n(-c4ccccc4)c3n2)cc1.CCOc1ccc(-c2nc(C(N)=O)c3nc(SCC(=O)N4CCOCC4)n(-c4ccccc4)c3n2)cc1.O=C(CCl)N1CCOCC1. The van der Waals surface area contributed by atoms with Gasteiger partial charge in [-0.1, -0.05) is 48.2 Å². The third kappa shape index (κ3) is 13.0. The van der Waals surface area contributed by atoms with Gasteiger partial charge in [-0.3, -0.25) is 28.3 Å². The monoisotopic (exact) mass is 1070 g/mol. The number of para-hydroxylation sites is 2. The number of benzene rings is 4. The normalized spacial score (nSPS) is 13.3. The molecule has 0 saturated carbocycles. The number of nitrogens with two attached hydrogens (primary N) is 2. The van der Waals surface area contributed by atoms with Crippen LogP contribution in [0.3, 0.4) is 0 Å². The van der Waals surface area contributed by atoms with Crippen molar-refractivity contribution < 1.29 is 38.1 Å². The average molecular weight is 1070 g/mol. The molecule has 0 spiro atoms. The van der Waals surface area contributed by atoms with Gasteiger partial charge in [0.05, 0.1) is 45.4 Å². The van der Waals surface area contributed by atoms with Crippen molar-refractivity contribution in [2.45, 2.75) is 19.0 Å². The number of alkyl halides is 1. The zero-order valence-electron chi connectivity index (χ0n) is 41.0. The molecule has 2 saturated heterocycles. The molecule has 5 N–H and O–H groups in total. The molecule has 4 aromatic carbocycles. The topological polar surface area (TPSA) is 254 Å². The number of carbonyl (C=O) groups is 4. The number of primary amides is 2. The summed E-state index contributed by atoms with van der Waals surface area (Å²) in [4.78, 5) is 77.7. The summed E-state index contributed by atoms with van der Waals surface area (Å²) < 4.78 is 25.4. The number of fused-ring (bicyclic) bond motifs is 2. The van der Waals surface area contributed by atoms with Crippen LogP contribution in [0.5, 0.6) is 11.5 Å². The number of carbonyl (C=O) groups excluding carboxylic acids is 4. The highest BCUT2D eigenvalue weighted by molar-refractivity contribution is 7.99. The largest absolute Gasteiger partial charge is 0.494 e. The van der Waals surface area contributed by atoms with E-state index in [1.807, 2.05) is 128 Å². The summed E-state index contributed by atoms with van der Waals surface area (Å²) in [5.74, 6) is 1.08. The van der Waals surface area contributed by atoms with Gasteiger partial charge in [0, 0.05) is 48.7 Å². The van der Waals surface area contributed by atoms with Crippen LogP contribution >= 0.6 is 35.6 Å². The Labute approximate surface area is 445 Å². The number of nitrogens with zero attached hydrogens (tertiary/aromatic N) is 9. The Morgan fingerprint density at radius 3 is 1.57 bits per heavy atom. The van der Waals surface area contributed by atoms with Crippen LogP contribution in [0.4, 0.5) is 0 Å². The highest BCUT2D eigenvalue weighted by Gasteiger charge is 2.25. The predicted octanol–water partition coefficient (Wildman–Crippen LogP) is 6.66. The van der Waals surface area contributed by atoms with Crippen molar-refractivity contribution in [1.82, 2.24) is 48.8 Å². The van der Waals surface area contributed by atoms with Crippen LogP contribution in [-0.4, -0.2) is 150 Å². The van der Waals surface area contributed by atoms with Gasteiger partial charge in [0.2, 0.25) is 11.8 Å². The predicted molar refractivity (Wildman–Crippen MR) is 287 cm³/mol. The van der Waals surface area contributed by atoms with Crippen LogP contribution < -0.4 is 20.9 Å². The van der Waals surface area contributed by atoms with Crippen molar-refractivity contribution in [3.05, 3.63) is 125 Å². The number of amides is 4. The van der Waals surface area contributed by atoms with Crippen molar-refractivity contribution in [1.29, 1.82) is 0 Å². The minimum Gasteiger partial charge on any atom is -0.494 e. The molecule has 2 fully saturated rings. The Balaban J connectivity index is 0.000000172. The second-order valence-electron chi connectivity index (χ2n) is 16.4. The van der Waals surface area contributed by atoms with Crippen LogP contribution in [0.15, 0.2) is 114 Å². The van der Waals surface area contributed by atoms with E-state index in [0.29, 0.717) is 110 Å². The van der Waals surface area contributed by atoms with Crippen LogP contribution in [0.25, 0.3) is 56.5 Å². The molecule has 23 heteroatoms. The van der Waals surface area contributed by atoms with E-state index in [1.54, 1.807) is 14.4 Å². The Morgan fingerprint density at radius 2 is 1.09 bits per heavy atom. The van der Waals surface area contributed by atoms with Gasteiger partial charge in [-0.25, -0.2) is 24.9 Å². The Morgan fingerprint density at radius 1 is 0.627 bits per heavy atom. The van der Waals surface area contributed by atoms with Crippen LogP contribution in [0, 0.1) is 4.77 Å². The Hall–Kier alpha value is -7.76. The third-order valence-corrected chi connectivity index (χ3v) is 13.0. The summed E-state index contributed by atoms with van der Waals surface area (Å²) in [6.07, 6.45) is 0. The van der Waals surface area contributed by atoms with Gasteiger partial charge in [0.25, 0.3) is 11.8 Å². The van der Waals surface area contributed by atoms with Crippen LogP contribution in [-0.2, 0) is 19.1 Å². The van der Waals surface area contributed by atoms with Gasteiger partial charge in [-0.05, 0) is 98.9 Å². The zero-order chi connectivity index (χ0) is 52.8. The number of thioether (sulfide) groups is 1. The number of nitrogens with one attached hydrogen (secondary N) is 1. The summed E-state index contributed by atoms with van der Waals surface area (Å²) >= 11 is 12.1. The van der Waals surface area contributed by atoms with Crippen LogP contribution in [0.2, 0.25) is 0 Å². The van der Waals surface area contributed by atoms with Crippen molar-refractivity contribution in [2.75, 3.05) is 77.5 Å². The fourth-order valence-corrected chi connectivity index (χ4v) is 9.29. The molecule has 4 amide bonds. The maximum Gasteiger partial charge on any atom is 0.269 e. The summed E-state index contributed by atoms with van der Waals surface area (Å²) in [7, 11) is 0. The van der Waals surface area contributed by atoms with E-state index in [-0.39, 0.29) is 40.4 Å². The maximum atomic E-state index is 12.8. The van der Waals surface area contributed by atoms with Gasteiger partial charge in [0.15, 0.2) is 44.3 Å². The standard InChI is InChI=1S/C26H26N6O4S.C20H17N5O2S.C6H10ClNO2/c1-2-36-19-10-8-17(9-11-19)24-28-21(23(27)34)22-25(30-24)32(18-6-4-3-5-7-18)26(29-22)37-16-20(33)31-12-14-35-15-13-31;1-2-27-14-10-8-12(9-11-14)18-22-15(17(21)26)16-19(24-18)25(20(28)23-16)13-6-4-3-5-7-13;7-5-6(9)8-1-3-10-4-2-8/h3-11H,2,12-16H2,1H3,(H2,27,34);3-11H,2H2,1H3,(H2,21,26)(H,23,28);1-5H2. The second-order valence-corrected chi connectivity index (χ2v) is 18.0. The van der Waals surface area contributed by atoms with Crippen molar-refractivity contribution in [3.8, 4) is 45.6 Å². The zero-order valence-corrected chi connectivity index (χ0v) is 43.4. The molecule has 0 unspecified atom stereocenters. The molecule has 0 bridgehead atoms. The molecule has 388 valence electrons. The number of hydrogen-bond acceptors (Lipinski definition) is 15. The highest BCUT2D eigenvalue weighted by atomic mass is 35.5. The lowest BCUT2D eigenvalue weighted by Crippen LogP contribution is -2.41. The van der Waals surface area contributed by atoms with Gasteiger partial charge in [0.1, 0.15) is 28.4 Å². The van der Waals surface area contributed by atoms with E-state index in [9.17, 15) is 19.2 Å². The number of H-pyrrole nitrogens is 1. The lowest BCUT2D eigenvalue weighted by Gasteiger charge is -2.26. The minimum atomic E-state index is -0.710. The molecule has 6 heterocycles. The number of rotatable bonds is 14. The first kappa shape index (κ1) is 53.5. The van der Waals surface area contributed by atoms with E-state index in [1.165, 1.54) is 11.8 Å². The Bertz CT molecular complexity index is 3330. The lowest BCUT2D eigenvalue weighted by molar-refractivity contribution is -0.133. The summed E-state index contributed by atoms with van der Waals surface area (Å²) in [5, 5.41) is 0.517. The number of hydrogen-bond donors (Lipinski definition) is 3. The van der Waals surface area contributed by atoms with Gasteiger partial charge >= 0.3 is 0 Å². The first-order valence-corrected chi connectivity index (χ1v) is 25.8. The molecule has 0 atom stereocenters. The van der Waals surface area contributed by atoms with Crippen molar-refractivity contribution in [3.63, 3.8) is 0 Å². The van der Waals surface area contributed by atoms with Crippen LogP contribution in [0.1, 0.15) is 34.8 Å². The first-order valence-electron chi connectivity index (χ1n) is 23.9. The molecule has 0 radical (unpaired) electrons. The molecule has 2 aliphatic rings. The summed E-state index contributed by atoms with van der Waals surface area (Å²) in [5.41, 5.74) is 16.1. The molecule has 75 heavy (non-hydrogen) atoms. The number of morpholine rings is 2. The fourth-order valence-electron chi connectivity index (χ4n) is 7.92. The molecule has 20 nitrogen and oxygen atoms in total. The number of imidazole rings is 2. The number of halogens is 1. The van der Waals surface area contributed by atoms with E-state index in [2.05, 4.69) is 24.9 Å². The molecule has 0 aliphatic carbocycles. The van der Waals surface area contributed by atoms with Crippen molar-refractivity contribution in [2.24, 2.45) is 11.5 Å². The van der Waals surface area contributed by atoms with E-state index < -0.39 is 11.8 Å². The maximum absolute atomic E-state index is 12.8. The quantitative estimate of drug-likeness (QED) is 0.0585. The smallest absolute Gasteiger partial charge is 0.269 e. The number of aromatic amines is 1. The molecular formula is C52H53ClN12O8S2. The van der Waals surface area contributed by atoms with Gasteiger partial charge in [-0.2, -0.15) is 0 Å². The van der Waals surface area contributed by atoms with E-state index in [0.717, 1.165) is 28.4 Å². The Kier molecular flexibility index (Phi) is 18.2. The summed E-state index contributed by atoms with van der Waals surface area (Å²) in [6.45, 7) is 9.82. The van der Waals surface area contributed by atoms with E-state index >= 15 is 0 Å². The number of aromatic nitrogens is 8. The molecule has 4 aromatic heterocycles. The first-order chi connectivity index (χ1) is 36.5.